The summed E-state index contributed by atoms with van der Waals surface area (Å²) in [6.07, 6.45) is 0.861. The molecule has 2 amide bonds. The lowest BCUT2D eigenvalue weighted by molar-refractivity contribution is -0.133. The third-order valence-corrected chi connectivity index (χ3v) is 6.59. The number of carbonyl (C=O) groups is 2. The number of hydrogen-bond donors (Lipinski definition) is 2. The van der Waals surface area contributed by atoms with Crippen molar-refractivity contribution in [3.63, 3.8) is 0 Å². The van der Waals surface area contributed by atoms with E-state index < -0.39 is 6.04 Å². The van der Waals surface area contributed by atoms with Crippen molar-refractivity contribution in [3.8, 4) is 0 Å². The zero-order valence-electron chi connectivity index (χ0n) is 15.2. The standard InChI is InChI=1S/C18H24N4O2S2/c1-11-12(2)26-18(20-11)14(8-13-4-7-25-10-13)21-16(23)9-15-17(24)19-5-6-22(15)3/h4,7,10,14-15H,5-6,8-9H2,1-3H3,(H,19,24)(H,21,23)/t14-,15+/m1/s1. The van der Waals surface area contributed by atoms with E-state index in [2.05, 4.69) is 27.1 Å². The van der Waals surface area contributed by atoms with E-state index in [1.54, 1.807) is 22.7 Å². The summed E-state index contributed by atoms with van der Waals surface area (Å²) in [6.45, 7) is 5.42. The van der Waals surface area contributed by atoms with Gasteiger partial charge in [-0.3, -0.25) is 14.5 Å². The number of aryl methyl sites for hydroxylation is 2. The molecule has 0 unspecified atom stereocenters. The normalized spacial score (nSPS) is 19.2. The molecule has 1 aliphatic rings. The number of hydrogen-bond acceptors (Lipinski definition) is 6. The Morgan fingerprint density at radius 2 is 2.31 bits per heavy atom. The molecule has 2 aromatic heterocycles. The van der Waals surface area contributed by atoms with Crippen molar-refractivity contribution in [1.29, 1.82) is 0 Å². The summed E-state index contributed by atoms with van der Waals surface area (Å²) in [5.41, 5.74) is 2.18. The van der Waals surface area contributed by atoms with Gasteiger partial charge in [-0.25, -0.2) is 4.98 Å². The Bertz CT molecular complexity index is 753. The van der Waals surface area contributed by atoms with Crippen molar-refractivity contribution in [2.45, 2.75) is 38.8 Å². The van der Waals surface area contributed by atoms with Gasteiger partial charge in [0.1, 0.15) is 5.01 Å². The van der Waals surface area contributed by atoms with Crippen LogP contribution >= 0.6 is 22.7 Å². The molecule has 0 saturated carbocycles. The van der Waals surface area contributed by atoms with Crippen LogP contribution in [0, 0.1) is 13.8 Å². The molecule has 1 aliphatic heterocycles. The summed E-state index contributed by atoms with van der Waals surface area (Å²) >= 11 is 3.27. The lowest BCUT2D eigenvalue weighted by Crippen LogP contribution is -2.55. The van der Waals surface area contributed by atoms with Gasteiger partial charge in [0, 0.05) is 24.4 Å². The number of thiazole rings is 1. The van der Waals surface area contributed by atoms with E-state index in [0.29, 0.717) is 13.0 Å². The molecule has 0 bridgehead atoms. The minimum Gasteiger partial charge on any atom is -0.353 e. The zero-order valence-corrected chi connectivity index (χ0v) is 16.9. The Morgan fingerprint density at radius 1 is 1.50 bits per heavy atom. The monoisotopic (exact) mass is 392 g/mol. The average Bonchev–Trinajstić information content (AvgIpc) is 3.21. The maximum atomic E-state index is 12.7. The summed E-state index contributed by atoms with van der Waals surface area (Å²) < 4.78 is 0. The number of nitrogens with one attached hydrogen (secondary N) is 2. The van der Waals surface area contributed by atoms with Gasteiger partial charge in [-0.2, -0.15) is 11.3 Å². The molecule has 1 fully saturated rings. The highest BCUT2D eigenvalue weighted by Gasteiger charge is 2.30. The summed E-state index contributed by atoms with van der Waals surface area (Å²) in [5, 5.41) is 11.0. The van der Waals surface area contributed by atoms with Crippen LogP contribution in [0.4, 0.5) is 0 Å². The first kappa shape index (κ1) is 19.0. The fourth-order valence-electron chi connectivity index (χ4n) is 3.00. The smallest absolute Gasteiger partial charge is 0.237 e. The van der Waals surface area contributed by atoms with Gasteiger partial charge in [0.05, 0.1) is 24.2 Å². The van der Waals surface area contributed by atoms with Crippen LogP contribution in [-0.2, 0) is 16.0 Å². The largest absolute Gasteiger partial charge is 0.353 e. The molecule has 1 saturated heterocycles. The number of carbonyl (C=O) groups excluding carboxylic acids is 2. The fraction of sp³-hybridized carbons (Fsp3) is 0.500. The molecular weight excluding hydrogens is 368 g/mol. The first-order valence-electron chi connectivity index (χ1n) is 8.66. The molecule has 26 heavy (non-hydrogen) atoms. The van der Waals surface area contributed by atoms with E-state index in [-0.39, 0.29) is 24.3 Å². The van der Waals surface area contributed by atoms with E-state index in [0.717, 1.165) is 22.1 Å². The van der Waals surface area contributed by atoms with E-state index in [4.69, 9.17) is 0 Å². The van der Waals surface area contributed by atoms with Crippen molar-refractivity contribution in [1.82, 2.24) is 20.5 Å². The average molecular weight is 393 g/mol. The predicted octanol–water partition coefficient (Wildman–Crippen LogP) is 2.04. The number of rotatable bonds is 6. The third kappa shape index (κ3) is 4.49. The van der Waals surface area contributed by atoms with Crippen molar-refractivity contribution in [2.24, 2.45) is 0 Å². The zero-order chi connectivity index (χ0) is 18.7. The van der Waals surface area contributed by atoms with Gasteiger partial charge >= 0.3 is 0 Å². The molecular formula is C18H24N4O2S2. The summed E-state index contributed by atoms with van der Waals surface area (Å²) in [5.74, 6) is -0.200. The van der Waals surface area contributed by atoms with Gasteiger partial charge in [-0.05, 0) is 43.3 Å². The second-order valence-electron chi connectivity index (χ2n) is 6.64. The molecule has 2 aromatic rings. The Hall–Kier alpha value is -1.77. The van der Waals surface area contributed by atoms with Crippen LogP contribution in [0.1, 0.15) is 33.6 Å². The van der Waals surface area contributed by atoms with E-state index in [1.165, 1.54) is 5.56 Å². The minimum absolute atomic E-state index is 0.0794. The Labute approximate surface area is 161 Å². The van der Waals surface area contributed by atoms with Gasteiger partial charge in [-0.15, -0.1) is 11.3 Å². The topological polar surface area (TPSA) is 74.3 Å². The second kappa shape index (κ2) is 8.28. The Morgan fingerprint density at radius 3 is 2.92 bits per heavy atom. The van der Waals surface area contributed by atoms with E-state index in [9.17, 15) is 9.59 Å². The SMILES string of the molecule is Cc1nc([C@@H](Cc2ccsc2)NC(=O)C[C@H]2C(=O)NCCN2C)sc1C. The quantitative estimate of drug-likeness (QED) is 0.789. The van der Waals surface area contributed by atoms with Crippen LogP contribution in [0.15, 0.2) is 16.8 Å². The molecule has 140 valence electrons. The maximum Gasteiger partial charge on any atom is 0.237 e. The third-order valence-electron chi connectivity index (χ3n) is 4.68. The lowest BCUT2D eigenvalue weighted by atomic mass is 10.1. The van der Waals surface area contributed by atoms with Gasteiger partial charge in [0.15, 0.2) is 0 Å². The highest BCUT2D eigenvalue weighted by atomic mass is 32.1. The highest BCUT2D eigenvalue weighted by molar-refractivity contribution is 7.11. The molecule has 0 aromatic carbocycles. The molecule has 0 aliphatic carbocycles. The maximum absolute atomic E-state index is 12.7. The minimum atomic E-state index is -0.412. The number of piperazine rings is 1. The van der Waals surface area contributed by atoms with Gasteiger partial charge < -0.3 is 10.6 Å². The number of amides is 2. The number of likely N-dealkylation sites (N-methyl/N-ethyl adjacent to an activating group) is 1. The molecule has 3 rings (SSSR count). The molecule has 8 heteroatoms. The summed E-state index contributed by atoms with van der Waals surface area (Å²) in [4.78, 5) is 32.5. The highest BCUT2D eigenvalue weighted by Crippen LogP contribution is 2.26. The van der Waals surface area contributed by atoms with Crippen LogP contribution in [0.3, 0.4) is 0 Å². The van der Waals surface area contributed by atoms with Crippen LogP contribution in [-0.4, -0.2) is 47.9 Å². The molecule has 6 nitrogen and oxygen atoms in total. The van der Waals surface area contributed by atoms with Gasteiger partial charge in [0.2, 0.25) is 11.8 Å². The van der Waals surface area contributed by atoms with Crippen molar-refractivity contribution >= 4 is 34.5 Å². The summed E-state index contributed by atoms with van der Waals surface area (Å²) in [7, 11) is 1.88. The number of thiophene rings is 1. The summed E-state index contributed by atoms with van der Waals surface area (Å²) in [6, 6.07) is 1.48. The fourth-order valence-corrected chi connectivity index (χ4v) is 4.65. The lowest BCUT2D eigenvalue weighted by Gasteiger charge is -2.31. The first-order chi connectivity index (χ1) is 12.4. The Balaban J connectivity index is 1.72. The molecule has 3 heterocycles. The second-order valence-corrected chi connectivity index (χ2v) is 8.66. The molecule has 2 atom stereocenters. The van der Waals surface area contributed by atoms with E-state index in [1.807, 2.05) is 31.2 Å². The number of aromatic nitrogens is 1. The van der Waals surface area contributed by atoms with Crippen LogP contribution in [0.5, 0.6) is 0 Å². The predicted molar refractivity (Wildman–Crippen MR) is 105 cm³/mol. The van der Waals surface area contributed by atoms with Crippen molar-refractivity contribution in [2.75, 3.05) is 20.1 Å². The molecule has 0 radical (unpaired) electrons. The van der Waals surface area contributed by atoms with Gasteiger partial charge in [0.25, 0.3) is 0 Å². The van der Waals surface area contributed by atoms with Crippen molar-refractivity contribution in [3.05, 3.63) is 38.0 Å². The van der Waals surface area contributed by atoms with Crippen LogP contribution in [0.2, 0.25) is 0 Å². The Kier molecular flexibility index (Phi) is 6.05. The van der Waals surface area contributed by atoms with Gasteiger partial charge in [-0.1, -0.05) is 0 Å². The number of nitrogens with zero attached hydrogens (tertiary/aromatic N) is 2. The van der Waals surface area contributed by atoms with Crippen LogP contribution < -0.4 is 10.6 Å². The van der Waals surface area contributed by atoms with Crippen molar-refractivity contribution < 1.29 is 9.59 Å². The molecule has 2 N–H and O–H groups in total. The molecule has 0 spiro atoms. The van der Waals surface area contributed by atoms with E-state index >= 15 is 0 Å². The first-order valence-corrected chi connectivity index (χ1v) is 10.4. The van der Waals surface area contributed by atoms with Crippen LogP contribution in [0.25, 0.3) is 0 Å².